The van der Waals surface area contributed by atoms with Crippen LogP contribution >= 0.6 is 0 Å². The SMILES string of the molecule is CCC1CCC(CNC)(CC(=O)O)CC1. The summed E-state index contributed by atoms with van der Waals surface area (Å²) >= 11 is 0. The molecule has 0 spiro atoms. The zero-order valence-corrected chi connectivity index (χ0v) is 9.88. The highest BCUT2D eigenvalue weighted by Gasteiger charge is 2.36. The summed E-state index contributed by atoms with van der Waals surface area (Å²) < 4.78 is 0. The van der Waals surface area contributed by atoms with Crippen LogP contribution < -0.4 is 5.32 Å². The van der Waals surface area contributed by atoms with Crippen molar-refractivity contribution in [3.8, 4) is 0 Å². The Morgan fingerprint density at radius 3 is 2.47 bits per heavy atom. The zero-order chi connectivity index (χ0) is 11.3. The molecule has 0 saturated heterocycles. The summed E-state index contributed by atoms with van der Waals surface area (Å²) in [7, 11) is 1.91. The van der Waals surface area contributed by atoms with E-state index < -0.39 is 5.97 Å². The Kier molecular flexibility index (Phi) is 4.58. The lowest BCUT2D eigenvalue weighted by molar-refractivity contribution is -0.140. The first-order valence-corrected chi connectivity index (χ1v) is 5.98. The van der Waals surface area contributed by atoms with Crippen molar-refractivity contribution in [1.29, 1.82) is 0 Å². The van der Waals surface area contributed by atoms with Gasteiger partial charge >= 0.3 is 5.97 Å². The number of carboxylic acid groups (broad SMARTS) is 1. The van der Waals surface area contributed by atoms with Gasteiger partial charge in [-0.3, -0.25) is 4.79 Å². The Morgan fingerprint density at radius 2 is 2.07 bits per heavy atom. The highest BCUT2D eigenvalue weighted by Crippen LogP contribution is 2.42. The Balaban J connectivity index is 2.55. The van der Waals surface area contributed by atoms with Crippen molar-refractivity contribution in [2.24, 2.45) is 11.3 Å². The van der Waals surface area contributed by atoms with E-state index in [-0.39, 0.29) is 5.41 Å². The van der Waals surface area contributed by atoms with Gasteiger partial charge in [0.25, 0.3) is 0 Å². The molecule has 0 aromatic heterocycles. The molecule has 0 aromatic rings. The molecule has 2 N–H and O–H groups in total. The van der Waals surface area contributed by atoms with E-state index in [2.05, 4.69) is 12.2 Å². The topological polar surface area (TPSA) is 49.3 Å². The van der Waals surface area contributed by atoms with Crippen molar-refractivity contribution in [1.82, 2.24) is 5.32 Å². The summed E-state index contributed by atoms with van der Waals surface area (Å²) in [6, 6.07) is 0. The molecule has 1 aliphatic rings. The minimum Gasteiger partial charge on any atom is -0.481 e. The fraction of sp³-hybridized carbons (Fsp3) is 0.917. The molecule has 0 amide bonds. The first kappa shape index (κ1) is 12.5. The van der Waals surface area contributed by atoms with Gasteiger partial charge in [0.1, 0.15) is 0 Å². The molecule has 0 unspecified atom stereocenters. The fourth-order valence-electron chi connectivity index (χ4n) is 2.81. The molecule has 3 nitrogen and oxygen atoms in total. The fourth-order valence-corrected chi connectivity index (χ4v) is 2.81. The van der Waals surface area contributed by atoms with Crippen molar-refractivity contribution >= 4 is 5.97 Å². The van der Waals surface area contributed by atoms with E-state index in [1.54, 1.807) is 0 Å². The van der Waals surface area contributed by atoms with Gasteiger partial charge in [-0.25, -0.2) is 0 Å². The van der Waals surface area contributed by atoms with E-state index in [1.807, 2.05) is 7.05 Å². The van der Waals surface area contributed by atoms with Crippen LogP contribution in [-0.4, -0.2) is 24.7 Å². The summed E-state index contributed by atoms with van der Waals surface area (Å²) in [5, 5.41) is 12.1. The van der Waals surface area contributed by atoms with Gasteiger partial charge in [0.05, 0.1) is 6.42 Å². The molecule has 0 atom stereocenters. The van der Waals surface area contributed by atoms with E-state index >= 15 is 0 Å². The number of rotatable bonds is 5. The van der Waals surface area contributed by atoms with Gasteiger partial charge in [-0.15, -0.1) is 0 Å². The van der Waals surface area contributed by atoms with Crippen molar-refractivity contribution in [2.45, 2.75) is 45.4 Å². The lowest BCUT2D eigenvalue weighted by atomic mass is 9.68. The van der Waals surface area contributed by atoms with Crippen LogP contribution in [0.3, 0.4) is 0 Å². The quantitative estimate of drug-likeness (QED) is 0.736. The summed E-state index contributed by atoms with van der Waals surface area (Å²) in [4.78, 5) is 10.9. The van der Waals surface area contributed by atoms with Gasteiger partial charge in [-0.1, -0.05) is 13.3 Å². The normalized spacial score (nSPS) is 31.5. The monoisotopic (exact) mass is 213 g/mol. The van der Waals surface area contributed by atoms with Gasteiger partial charge in [-0.05, 0) is 44.1 Å². The number of hydrogen-bond donors (Lipinski definition) is 2. The summed E-state index contributed by atoms with van der Waals surface area (Å²) in [6.45, 7) is 3.07. The molecule has 0 heterocycles. The van der Waals surface area contributed by atoms with Crippen molar-refractivity contribution < 1.29 is 9.90 Å². The molecule has 1 saturated carbocycles. The van der Waals surface area contributed by atoms with Crippen LogP contribution in [0.25, 0.3) is 0 Å². The molecule has 1 rings (SSSR count). The molecule has 1 fully saturated rings. The van der Waals surface area contributed by atoms with Gasteiger partial charge in [0.2, 0.25) is 0 Å². The number of aliphatic carboxylic acids is 1. The lowest BCUT2D eigenvalue weighted by Crippen LogP contribution is -2.38. The van der Waals surface area contributed by atoms with Crippen LogP contribution in [0.4, 0.5) is 0 Å². The predicted octanol–water partition coefficient (Wildman–Crippen LogP) is 2.27. The molecule has 1 aliphatic carbocycles. The van der Waals surface area contributed by atoms with E-state index in [9.17, 15) is 4.79 Å². The van der Waals surface area contributed by atoms with Gasteiger partial charge < -0.3 is 10.4 Å². The van der Waals surface area contributed by atoms with Crippen LogP contribution in [0.1, 0.15) is 45.4 Å². The van der Waals surface area contributed by atoms with Crippen LogP contribution in [0, 0.1) is 11.3 Å². The number of hydrogen-bond acceptors (Lipinski definition) is 2. The van der Waals surface area contributed by atoms with Crippen molar-refractivity contribution in [3.05, 3.63) is 0 Å². The first-order chi connectivity index (χ1) is 7.12. The molecule has 0 aromatic carbocycles. The standard InChI is InChI=1S/C12H23NO2/c1-3-10-4-6-12(7-5-10,9-13-2)8-11(14)15/h10,13H,3-9H2,1-2H3,(H,14,15). The minimum atomic E-state index is -0.653. The number of carboxylic acids is 1. The van der Waals surface area contributed by atoms with E-state index in [0.29, 0.717) is 6.42 Å². The second-order valence-corrected chi connectivity index (χ2v) is 4.95. The Bertz CT molecular complexity index is 208. The second kappa shape index (κ2) is 5.50. The average Bonchev–Trinajstić information content (AvgIpc) is 2.18. The molecular formula is C12H23NO2. The largest absolute Gasteiger partial charge is 0.481 e. The molecule has 0 bridgehead atoms. The van der Waals surface area contributed by atoms with E-state index in [1.165, 1.54) is 19.3 Å². The Labute approximate surface area is 92.3 Å². The lowest BCUT2D eigenvalue weighted by Gasteiger charge is -2.39. The first-order valence-electron chi connectivity index (χ1n) is 5.98. The zero-order valence-electron chi connectivity index (χ0n) is 9.88. The third kappa shape index (κ3) is 3.49. The number of nitrogens with one attached hydrogen (secondary N) is 1. The van der Waals surface area contributed by atoms with Crippen LogP contribution in [0.15, 0.2) is 0 Å². The Hall–Kier alpha value is -0.570. The van der Waals surface area contributed by atoms with Crippen molar-refractivity contribution in [2.75, 3.05) is 13.6 Å². The van der Waals surface area contributed by atoms with Crippen LogP contribution in [0.2, 0.25) is 0 Å². The predicted molar refractivity (Wildman–Crippen MR) is 60.9 cm³/mol. The van der Waals surface area contributed by atoms with Crippen LogP contribution in [-0.2, 0) is 4.79 Å². The molecule has 0 aliphatic heterocycles. The maximum absolute atomic E-state index is 10.9. The third-order valence-electron chi connectivity index (χ3n) is 3.82. The molecule has 88 valence electrons. The maximum atomic E-state index is 10.9. The van der Waals surface area contributed by atoms with Crippen LogP contribution in [0.5, 0.6) is 0 Å². The number of carbonyl (C=O) groups is 1. The third-order valence-corrected chi connectivity index (χ3v) is 3.82. The van der Waals surface area contributed by atoms with Gasteiger partial charge in [-0.2, -0.15) is 0 Å². The highest BCUT2D eigenvalue weighted by molar-refractivity contribution is 5.67. The van der Waals surface area contributed by atoms with Gasteiger partial charge in [0, 0.05) is 6.54 Å². The van der Waals surface area contributed by atoms with Gasteiger partial charge in [0.15, 0.2) is 0 Å². The summed E-state index contributed by atoms with van der Waals surface area (Å²) in [5.41, 5.74) is 0.0201. The molecular weight excluding hydrogens is 190 g/mol. The summed E-state index contributed by atoms with van der Waals surface area (Å²) in [5.74, 6) is 0.170. The van der Waals surface area contributed by atoms with E-state index in [4.69, 9.17) is 5.11 Å². The smallest absolute Gasteiger partial charge is 0.303 e. The second-order valence-electron chi connectivity index (χ2n) is 4.95. The molecule has 3 heteroatoms. The minimum absolute atomic E-state index is 0.0201. The molecule has 15 heavy (non-hydrogen) atoms. The van der Waals surface area contributed by atoms with Crippen molar-refractivity contribution in [3.63, 3.8) is 0 Å². The van der Waals surface area contributed by atoms with E-state index in [0.717, 1.165) is 25.3 Å². The molecule has 0 radical (unpaired) electrons. The highest BCUT2D eigenvalue weighted by atomic mass is 16.4. The average molecular weight is 213 g/mol. The maximum Gasteiger partial charge on any atom is 0.303 e. The Morgan fingerprint density at radius 1 is 1.47 bits per heavy atom. The summed E-state index contributed by atoms with van der Waals surface area (Å²) in [6.07, 6.45) is 6.10.